The Hall–Kier alpha value is -2.37. The van der Waals surface area contributed by atoms with Gasteiger partial charge in [0.1, 0.15) is 11.4 Å². The van der Waals surface area contributed by atoms with Crippen LogP contribution in [0.4, 0.5) is 0 Å². The number of aromatic nitrogens is 2. The molecule has 2 aliphatic carbocycles. The quantitative estimate of drug-likeness (QED) is 0.842. The van der Waals surface area contributed by atoms with Gasteiger partial charge >= 0.3 is 0 Å². The number of allylic oxidation sites excluding steroid dienone is 4. The fourth-order valence-electron chi connectivity index (χ4n) is 3.99. The fourth-order valence-corrected chi connectivity index (χ4v) is 3.99. The van der Waals surface area contributed by atoms with Gasteiger partial charge in [-0.3, -0.25) is 0 Å². The number of rotatable bonds is 4. The van der Waals surface area contributed by atoms with E-state index in [9.17, 15) is 10.2 Å². The van der Waals surface area contributed by atoms with Crippen LogP contribution in [0.2, 0.25) is 0 Å². The van der Waals surface area contributed by atoms with Gasteiger partial charge in [-0.25, -0.2) is 4.68 Å². The lowest BCUT2D eigenvalue weighted by Gasteiger charge is -2.32. The lowest BCUT2D eigenvalue weighted by molar-refractivity contribution is -0.0393. The van der Waals surface area contributed by atoms with Gasteiger partial charge in [0.05, 0.1) is 30.3 Å². The molecule has 0 spiro atoms. The molecule has 5 nitrogen and oxygen atoms in total. The average Bonchev–Trinajstić information content (AvgIpc) is 3.17. The van der Waals surface area contributed by atoms with Crippen LogP contribution >= 0.6 is 0 Å². The number of methoxy groups -OCH3 is 1. The number of hydrogen-bond donors (Lipinski definition) is 2. The fraction of sp³-hybridized carbons (Fsp3) is 0.435. The van der Waals surface area contributed by atoms with E-state index >= 15 is 0 Å². The molecule has 4 rings (SSSR count). The Morgan fingerprint density at radius 1 is 1.18 bits per heavy atom. The maximum absolute atomic E-state index is 11.2. The zero-order valence-corrected chi connectivity index (χ0v) is 16.5. The largest absolute Gasteiger partial charge is 0.497 e. The van der Waals surface area contributed by atoms with Crippen molar-refractivity contribution in [1.29, 1.82) is 0 Å². The number of hydrogen-bond acceptors (Lipinski definition) is 4. The molecule has 1 heterocycles. The zero-order chi connectivity index (χ0) is 19.7. The monoisotopic (exact) mass is 380 g/mol. The highest BCUT2D eigenvalue weighted by atomic mass is 16.5. The zero-order valence-electron chi connectivity index (χ0n) is 16.5. The molecule has 2 aliphatic rings. The minimum absolute atomic E-state index is 0.325. The number of nitrogens with zero attached hydrogens (tertiary/aromatic N) is 2. The highest BCUT2D eigenvalue weighted by molar-refractivity contribution is 5.74. The maximum Gasteiger partial charge on any atom is 0.119 e. The number of aliphatic hydroxyl groups is 2. The maximum atomic E-state index is 11.2. The van der Waals surface area contributed by atoms with Gasteiger partial charge in [0.15, 0.2) is 0 Å². The predicted molar refractivity (Wildman–Crippen MR) is 109 cm³/mol. The molecule has 1 fully saturated rings. The highest BCUT2D eigenvalue weighted by Crippen LogP contribution is 2.38. The SMILES string of the molecule is COc1ccc(-n2nc(C3(O)CCC(O)CC3)cc2C2=CC[C@@H](C)C=C2)cc1. The van der Waals surface area contributed by atoms with Crippen molar-refractivity contribution < 1.29 is 14.9 Å². The van der Waals surface area contributed by atoms with E-state index in [2.05, 4.69) is 25.2 Å². The van der Waals surface area contributed by atoms with Gasteiger partial charge < -0.3 is 14.9 Å². The normalized spacial score (nSPS) is 27.5. The molecular weight excluding hydrogens is 352 g/mol. The minimum Gasteiger partial charge on any atom is -0.497 e. The van der Waals surface area contributed by atoms with Gasteiger partial charge in [-0.15, -0.1) is 0 Å². The summed E-state index contributed by atoms with van der Waals surface area (Å²) in [5.41, 5.74) is 2.71. The molecule has 1 aromatic heterocycles. The summed E-state index contributed by atoms with van der Waals surface area (Å²) >= 11 is 0. The Balaban J connectivity index is 1.76. The molecule has 0 amide bonds. The minimum atomic E-state index is -0.988. The van der Waals surface area contributed by atoms with E-state index in [-0.39, 0.29) is 6.10 Å². The van der Waals surface area contributed by atoms with E-state index in [1.54, 1.807) is 7.11 Å². The van der Waals surface area contributed by atoms with Crippen LogP contribution in [0.15, 0.2) is 48.6 Å². The first-order chi connectivity index (χ1) is 13.5. The lowest BCUT2D eigenvalue weighted by Crippen LogP contribution is -2.33. The molecule has 148 valence electrons. The molecule has 5 heteroatoms. The Labute approximate surface area is 166 Å². The Morgan fingerprint density at radius 2 is 1.89 bits per heavy atom. The standard InChI is InChI=1S/C23H28N2O3/c1-16-3-5-17(6-4-16)21-15-22(23(27)13-11-19(26)12-14-23)24-25(21)18-7-9-20(28-2)10-8-18/h3,5-10,15-16,19,26-27H,4,11-14H2,1-2H3/t16-,19?,23?/m0/s1. The van der Waals surface area contributed by atoms with Gasteiger partial charge in [-0.05, 0) is 73.9 Å². The smallest absolute Gasteiger partial charge is 0.119 e. The van der Waals surface area contributed by atoms with Crippen molar-refractivity contribution >= 4 is 5.57 Å². The Morgan fingerprint density at radius 3 is 2.50 bits per heavy atom. The average molecular weight is 380 g/mol. The van der Waals surface area contributed by atoms with Crippen molar-refractivity contribution in [2.24, 2.45) is 5.92 Å². The summed E-state index contributed by atoms with van der Waals surface area (Å²) in [6.07, 6.45) is 9.51. The molecule has 0 radical (unpaired) electrons. The predicted octanol–water partition coefficient (Wildman–Crippen LogP) is 3.98. The second-order valence-corrected chi connectivity index (χ2v) is 8.02. The molecule has 1 aromatic carbocycles. The first-order valence-electron chi connectivity index (χ1n) is 10.0. The molecule has 0 bridgehead atoms. The summed E-state index contributed by atoms with van der Waals surface area (Å²) in [6, 6.07) is 9.79. The van der Waals surface area contributed by atoms with Crippen molar-refractivity contribution in [2.45, 2.75) is 50.7 Å². The topological polar surface area (TPSA) is 67.5 Å². The first kappa shape index (κ1) is 19.0. The van der Waals surface area contributed by atoms with E-state index in [0.29, 0.717) is 37.3 Å². The third kappa shape index (κ3) is 3.64. The number of ether oxygens (including phenoxy) is 1. The van der Waals surface area contributed by atoms with Gasteiger partial charge in [-0.1, -0.05) is 25.2 Å². The van der Waals surface area contributed by atoms with E-state index in [4.69, 9.17) is 9.84 Å². The van der Waals surface area contributed by atoms with E-state index in [1.807, 2.05) is 35.0 Å². The molecule has 2 aromatic rings. The summed E-state index contributed by atoms with van der Waals surface area (Å²) in [6.45, 7) is 2.20. The van der Waals surface area contributed by atoms with Crippen molar-refractivity contribution in [2.75, 3.05) is 7.11 Å². The van der Waals surface area contributed by atoms with Crippen molar-refractivity contribution in [3.05, 3.63) is 59.9 Å². The number of aliphatic hydroxyl groups excluding tert-OH is 1. The van der Waals surface area contributed by atoms with Crippen LogP contribution in [0, 0.1) is 5.92 Å². The first-order valence-corrected chi connectivity index (χ1v) is 10.0. The summed E-state index contributed by atoms with van der Waals surface area (Å²) in [7, 11) is 1.65. The van der Waals surface area contributed by atoms with Crippen LogP contribution in [0.5, 0.6) is 5.75 Å². The molecule has 1 atom stereocenters. The Kier molecular flexibility index (Phi) is 5.13. The molecule has 28 heavy (non-hydrogen) atoms. The Bertz CT molecular complexity index is 887. The third-order valence-electron chi connectivity index (χ3n) is 5.90. The summed E-state index contributed by atoms with van der Waals surface area (Å²) < 4.78 is 7.18. The second kappa shape index (κ2) is 7.57. The van der Waals surface area contributed by atoms with Gasteiger partial charge in [0.25, 0.3) is 0 Å². The molecule has 0 aliphatic heterocycles. The van der Waals surface area contributed by atoms with Crippen molar-refractivity contribution in [3.63, 3.8) is 0 Å². The number of benzene rings is 1. The molecular formula is C23H28N2O3. The van der Waals surface area contributed by atoms with E-state index in [0.717, 1.165) is 29.1 Å². The van der Waals surface area contributed by atoms with Crippen LogP contribution in [-0.4, -0.2) is 33.2 Å². The van der Waals surface area contributed by atoms with Gasteiger partial charge in [-0.2, -0.15) is 5.10 Å². The van der Waals surface area contributed by atoms with E-state index in [1.165, 1.54) is 0 Å². The van der Waals surface area contributed by atoms with Gasteiger partial charge in [0, 0.05) is 0 Å². The highest BCUT2D eigenvalue weighted by Gasteiger charge is 2.37. The van der Waals surface area contributed by atoms with Crippen LogP contribution in [0.1, 0.15) is 50.4 Å². The van der Waals surface area contributed by atoms with Crippen LogP contribution in [0.25, 0.3) is 11.3 Å². The molecule has 0 saturated heterocycles. The van der Waals surface area contributed by atoms with Crippen LogP contribution in [0.3, 0.4) is 0 Å². The third-order valence-corrected chi connectivity index (χ3v) is 5.90. The molecule has 0 unspecified atom stereocenters. The lowest BCUT2D eigenvalue weighted by atomic mass is 9.81. The summed E-state index contributed by atoms with van der Waals surface area (Å²) in [5, 5.41) is 25.9. The van der Waals surface area contributed by atoms with Crippen molar-refractivity contribution in [1.82, 2.24) is 9.78 Å². The summed E-state index contributed by atoms with van der Waals surface area (Å²) in [4.78, 5) is 0. The molecule has 2 N–H and O–H groups in total. The molecule has 1 saturated carbocycles. The van der Waals surface area contributed by atoms with Crippen molar-refractivity contribution in [3.8, 4) is 11.4 Å². The van der Waals surface area contributed by atoms with Crippen LogP contribution in [-0.2, 0) is 5.60 Å². The second-order valence-electron chi connectivity index (χ2n) is 8.02. The van der Waals surface area contributed by atoms with Gasteiger partial charge in [0.2, 0.25) is 0 Å². The van der Waals surface area contributed by atoms with E-state index < -0.39 is 5.60 Å². The van der Waals surface area contributed by atoms with Crippen LogP contribution < -0.4 is 4.74 Å². The summed E-state index contributed by atoms with van der Waals surface area (Å²) in [5.74, 6) is 1.33.